The Hall–Kier alpha value is -1.84. The lowest BCUT2D eigenvalue weighted by atomic mass is 10.0. The number of amides is 2. The lowest BCUT2D eigenvalue weighted by Crippen LogP contribution is -2.43. The maximum Gasteiger partial charge on any atom is 0.242 e. The minimum Gasteiger partial charge on any atom is -0.355 e. The molecular formula is C14H18N2O2. The fourth-order valence-electron chi connectivity index (χ4n) is 2.08. The first kappa shape index (κ1) is 12.6. The summed E-state index contributed by atoms with van der Waals surface area (Å²) in [5, 5.41) is 2.75. The molecule has 1 aliphatic carbocycles. The molecule has 1 aromatic carbocycles. The van der Waals surface area contributed by atoms with Crippen LogP contribution in [-0.4, -0.2) is 25.4 Å². The molecule has 0 spiro atoms. The van der Waals surface area contributed by atoms with Crippen molar-refractivity contribution in [3.8, 4) is 0 Å². The fraction of sp³-hybridized carbons (Fsp3) is 0.429. The number of nitrogens with one attached hydrogen (secondary N) is 1. The molecule has 0 saturated heterocycles. The molecule has 2 amide bonds. The smallest absolute Gasteiger partial charge is 0.242 e. The first-order valence-corrected chi connectivity index (χ1v) is 6.23. The van der Waals surface area contributed by atoms with Gasteiger partial charge in [0.1, 0.15) is 5.41 Å². The molecule has 1 N–H and O–H groups in total. The number of hydrogen-bond acceptors (Lipinski definition) is 2. The summed E-state index contributed by atoms with van der Waals surface area (Å²) in [4.78, 5) is 25.9. The van der Waals surface area contributed by atoms with Gasteiger partial charge in [-0.15, -0.1) is 0 Å². The van der Waals surface area contributed by atoms with Gasteiger partial charge in [-0.3, -0.25) is 9.59 Å². The standard InChI is InChI=1S/C14H18N2O2/c1-3-15-12(17)14(9-10-14)13(18)16(2)11-7-5-4-6-8-11/h4-8H,3,9-10H2,1-2H3,(H,15,17). The van der Waals surface area contributed by atoms with Gasteiger partial charge in [0.25, 0.3) is 0 Å². The van der Waals surface area contributed by atoms with Crippen molar-refractivity contribution in [2.24, 2.45) is 5.41 Å². The first-order chi connectivity index (χ1) is 8.62. The van der Waals surface area contributed by atoms with Crippen molar-refractivity contribution in [1.82, 2.24) is 5.32 Å². The van der Waals surface area contributed by atoms with E-state index in [9.17, 15) is 9.59 Å². The van der Waals surface area contributed by atoms with Gasteiger partial charge in [0.15, 0.2) is 0 Å². The van der Waals surface area contributed by atoms with Crippen LogP contribution < -0.4 is 10.2 Å². The topological polar surface area (TPSA) is 49.4 Å². The predicted octanol–water partition coefficient (Wildman–Crippen LogP) is 1.57. The van der Waals surface area contributed by atoms with E-state index in [0.717, 1.165) is 5.69 Å². The van der Waals surface area contributed by atoms with Crippen LogP contribution in [-0.2, 0) is 9.59 Å². The molecule has 2 rings (SSSR count). The molecule has 0 aromatic heterocycles. The maximum atomic E-state index is 12.4. The van der Waals surface area contributed by atoms with Crippen LogP contribution in [0.4, 0.5) is 5.69 Å². The van der Waals surface area contributed by atoms with Crippen LogP contribution in [0.5, 0.6) is 0 Å². The van der Waals surface area contributed by atoms with Crippen molar-refractivity contribution in [2.75, 3.05) is 18.5 Å². The molecule has 4 nitrogen and oxygen atoms in total. The van der Waals surface area contributed by atoms with Gasteiger partial charge in [-0.05, 0) is 31.9 Å². The van der Waals surface area contributed by atoms with Crippen molar-refractivity contribution in [3.05, 3.63) is 30.3 Å². The Morgan fingerprint density at radius 2 is 1.89 bits per heavy atom. The van der Waals surface area contributed by atoms with E-state index in [0.29, 0.717) is 19.4 Å². The Balaban J connectivity index is 2.15. The molecule has 0 unspecified atom stereocenters. The number of hydrogen-bond donors (Lipinski definition) is 1. The summed E-state index contributed by atoms with van der Waals surface area (Å²) in [6.45, 7) is 2.42. The molecule has 18 heavy (non-hydrogen) atoms. The summed E-state index contributed by atoms with van der Waals surface area (Å²) < 4.78 is 0. The molecule has 1 fully saturated rings. The zero-order valence-electron chi connectivity index (χ0n) is 10.8. The molecule has 1 saturated carbocycles. The Morgan fingerprint density at radius 3 is 2.39 bits per heavy atom. The lowest BCUT2D eigenvalue weighted by Gasteiger charge is -2.22. The highest BCUT2D eigenvalue weighted by molar-refractivity contribution is 6.13. The second-order valence-corrected chi connectivity index (χ2v) is 4.64. The van der Waals surface area contributed by atoms with Crippen LogP contribution in [0.3, 0.4) is 0 Å². The highest BCUT2D eigenvalue weighted by Crippen LogP contribution is 2.47. The highest BCUT2D eigenvalue weighted by atomic mass is 16.2. The molecule has 4 heteroatoms. The van der Waals surface area contributed by atoms with E-state index < -0.39 is 5.41 Å². The first-order valence-electron chi connectivity index (χ1n) is 6.23. The zero-order chi connectivity index (χ0) is 13.2. The molecule has 0 bridgehead atoms. The Labute approximate surface area is 107 Å². The monoisotopic (exact) mass is 246 g/mol. The van der Waals surface area contributed by atoms with E-state index in [1.807, 2.05) is 37.3 Å². The van der Waals surface area contributed by atoms with Gasteiger partial charge in [-0.25, -0.2) is 0 Å². The van der Waals surface area contributed by atoms with Gasteiger partial charge in [0.05, 0.1) is 0 Å². The molecule has 0 aliphatic heterocycles. The number of carbonyl (C=O) groups excluding carboxylic acids is 2. The Kier molecular flexibility index (Phi) is 3.36. The van der Waals surface area contributed by atoms with Gasteiger partial charge < -0.3 is 10.2 Å². The van der Waals surface area contributed by atoms with Crippen LogP contribution in [0.15, 0.2) is 30.3 Å². The number of para-hydroxylation sites is 1. The number of anilines is 1. The third-order valence-corrected chi connectivity index (χ3v) is 3.38. The van der Waals surface area contributed by atoms with Gasteiger partial charge in [0.2, 0.25) is 11.8 Å². The fourth-order valence-corrected chi connectivity index (χ4v) is 2.08. The van der Waals surface area contributed by atoms with Gasteiger partial charge >= 0.3 is 0 Å². The Morgan fingerprint density at radius 1 is 1.28 bits per heavy atom. The summed E-state index contributed by atoms with van der Waals surface area (Å²) in [6, 6.07) is 9.39. The summed E-state index contributed by atoms with van der Waals surface area (Å²) >= 11 is 0. The SMILES string of the molecule is CCNC(=O)C1(C(=O)N(C)c2ccccc2)CC1. The largest absolute Gasteiger partial charge is 0.355 e. The number of benzene rings is 1. The van der Waals surface area contributed by atoms with Gasteiger partial charge in [-0.1, -0.05) is 18.2 Å². The predicted molar refractivity (Wildman–Crippen MR) is 70.2 cm³/mol. The third-order valence-electron chi connectivity index (χ3n) is 3.38. The van der Waals surface area contributed by atoms with E-state index in [1.54, 1.807) is 11.9 Å². The normalized spacial score (nSPS) is 15.9. The molecule has 1 aromatic rings. The summed E-state index contributed by atoms with van der Waals surface area (Å²) in [5.74, 6) is -0.252. The average Bonchev–Trinajstić information content (AvgIpc) is 3.20. The molecular weight excluding hydrogens is 228 g/mol. The van der Waals surface area contributed by atoms with E-state index in [4.69, 9.17) is 0 Å². The second-order valence-electron chi connectivity index (χ2n) is 4.64. The van der Waals surface area contributed by atoms with E-state index >= 15 is 0 Å². The van der Waals surface area contributed by atoms with Gasteiger partial charge in [-0.2, -0.15) is 0 Å². The summed E-state index contributed by atoms with van der Waals surface area (Å²) in [7, 11) is 1.72. The quantitative estimate of drug-likeness (QED) is 0.820. The van der Waals surface area contributed by atoms with Crippen molar-refractivity contribution in [3.63, 3.8) is 0 Å². The zero-order valence-corrected chi connectivity index (χ0v) is 10.8. The van der Waals surface area contributed by atoms with Crippen molar-refractivity contribution in [2.45, 2.75) is 19.8 Å². The number of carbonyl (C=O) groups is 2. The highest BCUT2D eigenvalue weighted by Gasteiger charge is 2.57. The Bertz CT molecular complexity index is 452. The van der Waals surface area contributed by atoms with Crippen LogP contribution in [0, 0.1) is 5.41 Å². The molecule has 0 radical (unpaired) electrons. The van der Waals surface area contributed by atoms with Crippen LogP contribution in [0.2, 0.25) is 0 Å². The van der Waals surface area contributed by atoms with Crippen molar-refractivity contribution < 1.29 is 9.59 Å². The summed E-state index contributed by atoms with van der Waals surface area (Å²) in [6.07, 6.45) is 1.30. The maximum absolute atomic E-state index is 12.4. The van der Waals surface area contributed by atoms with Crippen molar-refractivity contribution >= 4 is 17.5 Å². The third kappa shape index (κ3) is 2.10. The molecule has 1 aliphatic rings. The molecule has 96 valence electrons. The summed E-state index contributed by atoms with van der Waals surface area (Å²) in [5.41, 5.74) is -0.00119. The minimum atomic E-state index is -0.819. The number of nitrogens with zero attached hydrogens (tertiary/aromatic N) is 1. The van der Waals surface area contributed by atoms with Crippen LogP contribution in [0.1, 0.15) is 19.8 Å². The molecule has 0 heterocycles. The van der Waals surface area contributed by atoms with E-state index in [1.165, 1.54) is 0 Å². The van der Waals surface area contributed by atoms with Gasteiger partial charge in [0, 0.05) is 19.3 Å². The number of rotatable bonds is 4. The lowest BCUT2D eigenvalue weighted by molar-refractivity contribution is -0.135. The van der Waals surface area contributed by atoms with Crippen LogP contribution in [0.25, 0.3) is 0 Å². The molecule has 0 atom stereocenters. The van der Waals surface area contributed by atoms with E-state index in [2.05, 4.69) is 5.32 Å². The minimum absolute atomic E-state index is 0.111. The van der Waals surface area contributed by atoms with Crippen LogP contribution >= 0.6 is 0 Å². The second kappa shape index (κ2) is 4.80. The van der Waals surface area contributed by atoms with Crippen molar-refractivity contribution in [1.29, 1.82) is 0 Å². The van der Waals surface area contributed by atoms with E-state index in [-0.39, 0.29) is 11.8 Å². The average molecular weight is 246 g/mol.